The number of hydrogen-bond acceptors (Lipinski definition) is 4. The van der Waals surface area contributed by atoms with E-state index in [1.54, 1.807) is 24.3 Å². The number of rotatable bonds is 5. The number of carbonyl (C=O) groups is 1. The van der Waals surface area contributed by atoms with Gasteiger partial charge in [0.1, 0.15) is 11.9 Å². The molecule has 1 atom stereocenters. The molecule has 0 saturated carbocycles. The van der Waals surface area contributed by atoms with Gasteiger partial charge in [-0.25, -0.2) is 0 Å². The molecule has 4 nitrogen and oxygen atoms in total. The molecule has 5 heteroatoms. The van der Waals surface area contributed by atoms with E-state index in [1.807, 2.05) is 30.3 Å². The number of hydrogen-bond donors (Lipinski definition) is 3. The van der Waals surface area contributed by atoms with E-state index in [2.05, 4.69) is 5.32 Å². The van der Waals surface area contributed by atoms with Crippen LogP contribution in [0.1, 0.15) is 16.5 Å². The van der Waals surface area contributed by atoms with Crippen molar-refractivity contribution in [3.05, 3.63) is 65.0 Å². The Balaban J connectivity index is 1.56. The molecule has 1 aromatic heterocycles. The summed E-state index contributed by atoms with van der Waals surface area (Å²) in [5, 5.41) is 23.3. The largest absolute Gasteiger partial charge is 0.508 e. The SMILES string of the molecule is O=C(Cc1ccc(O)cc1)NCC(O)c1cc2ccccc2s1. The average Bonchev–Trinajstić information content (AvgIpc) is 2.99. The highest BCUT2D eigenvalue weighted by atomic mass is 32.1. The summed E-state index contributed by atoms with van der Waals surface area (Å²) in [7, 11) is 0. The van der Waals surface area contributed by atoms with Crippen LogP contribution in [0.15, 0.2) is 54.6 Å². The van der Waals surface area contributed by atoms with Crippen molar-refractivity contribution in [3.8, 4) is 5.75 Å². The van der Waals surface area contributed by atoms with Gasteiger partial charge in [0.2, 0.25) is 5.91 Å². The van der Waals surface area contributed by atoms with Crippen molar-refractivity contribution in [1.82, 2.24) is 5.32 Å². The smallest absolute Gasteiger partial charge is 0.224 e. The minimum Gasteiger partial charge on any atom is -0.508 e. The van der Waals surface area contributed by atoms with E-state index in [0.717, 1.165) is 20.5 Å². The molecule has 1 amide bonds. The van der Waals surface area contributed by atoms with E-state index in [1.165, 1.54) is 11.3 Å². The number of phenols is 1. The number of benzene rings is 2. The van der Waals surface area contributed by atoms with Crippen LogP contribution in [-0.4, -0.2) is 22.7 Å². The molecule has 3 N–H and O–H groups in total. The molecule has 0 spiro atoms. The first-order valence-corrected chi connectivity index (χ1v) is 8.14. The molecule has 0 radical (unpaired) electrons. The lowest BCUT2D eigenvalue weighted by molar-refractivity contribution is -0.120. The van der Waals surface area contributed by atoms with Gasteiger partial charge < -0.3 is 15.5 Å². The van der Waals surface area contributed by atoms with Gasteiger partial charge in [-0.2, -0.15) is 0 Å². The fraction of sp³-hybridized carbons (Fsp3) is 0.167. The number of carbonyl (C=O) groups excluding carboxylic acids is 1. The molecule has 0 bridgehead atoms. The van der Waals surface area contributed by atoms with Crippen LogP contribution < -0.4 is 5.32 Å². The van der Waals surface area contributed by atoms with E-state index < -0.39 is 6.10 Å². The number of aromatic hydroxyl groups is 1. The number of fused-ring (bicyclic) bond motifs is 1. The second kappa shape index (κ2) is 6.81. The molecule has 0 fully saturated rings. The highest BCUT2D eigenvalue weighted by molar-refractivity contribution is 7.19. The summed E-state index contributed by atoms with van der Waals surface area (Å²) in [5.74, 6) is 0.0187. The molecule has 0 saturated heterocycles. The molecule has 0 aliphatic carbocycles. The summed E-state index contributed by atoms with van der Waals surface area (Å²) in [6.45, 7) is 0.184. The maximum absolute atomic E-state index is 11.9. The Labute approximate surface area is 138 Å². The lowest BCUT2D eigenvalue weighted by Crippen LogP contribution is -2.29. The fourth-order valence-corrected chi connectivity index (χ4v) is 3.39. The molecule has 3 aromatic rings. The quantitative estimate of drug-likeness (QED) is 0.675. The maximum atomic E-state index is 11.9. The number of aliphatic hydroxyl groups is 1. The highest BCUT2D eigenvalue weighted by Gasteiger charge is 2.13. The fourth-order valence-electron chi connectivity index (χ4n) is 2.34. The van der Waals surface area contributed by atoms with Crippen molar-refractivity contribution in [2.45, 2.75) is 12.5 Å². The number of nitrogens with one attached hydrogen (secondary N) is 1. The van der Waals surface area contributed by atoms with Crippen LogP contribution in [0.3, 0.4) is 0 Å². The first kappa shape index (κ1) is 15.5. The van der Waals surface area contributed by atoms with Crippen molar-refractivity contribution in [2.75, 3.05) is 6.54 Å². The lowest BCUT2D eigenvalue weighted by atomic mass is 10.1. The van der Waals surface area contributed by atoms with Gasteiger partial charge in [0.05, 0.1) is 6.42 Å². The first-order valence-electron chi connectivity index (χ1n) is 7.33. The maximum Gasteiger partial charge on any atom is 0.224 e. The van der Waals surface area contributed by atoms with Crippen LogP contribution in [0, 0.1) is 0 Å². The average molecular weight is 327 g/mol. The summed E-state index contributed by atoms with van der Waals surface area (Å²) in [6.07, 6.45) is -0.490. The molecule has 1 unspecified atom stereocenters. The summed E-state index contributed by atoms with van der Waals surface area (Å²) < 4.78 is 1.12. The third-order valence-corrected chi connectivity index (χ3v) is 4.78. The van der Waals surface area contributed by atoms with Gasteiger partial charge in [0.25, 0.3) is 0 Å². The Hall–Kier alpha value is -2.37. The Morgan fingerprint density at radius 1 is 1.13 bits per heavy atom. The van der Waals surface area contributed by atoms with Crippen molar-refractivity contribution in [2.24, 2.45) is 0 Å². The topological polar surface area (TPSA) is 69.6 Å². The Morgan fingerprint density at radius 2 is 1.87 bits per heavy atom. The number of aliphatic hydroxyl groups excluding tert-OH is 1. The normalized spacial score (nSPS) is 12.2. The van der Waals surface area contributed by atoms with E-state index in [0.29, 0.717) is 0 Å². The molecule has 3 rings (SSSR count). The van der Waals surface area contributed by atoms with Crippen LogP contribution >= 0.6 is 11.3 Å². The number of phenolic OH excluding ortho intramolecular Hbond substituents is 1. The molecule has 2 aromatic carbocycles. The van der Waals surface area contributed by atoms with E-state index in [9.17, 15) is 15.0 Å². The van der Waals surface area contributed by atoms with Crippen molar-refractivity contribution < 1.29 is 15.0 Å². The van der Waals surface area contributed by atoms with Gasteiger partial charge in [-0.1, -0.05) is 30.3 Å². The zero-order valence-corrected chi connectivity index (χ0v) is 13.2. The summed E-state index contributed by atoms with van der Waals surface area (Å²) in [6, 6.07) is 16.4. The lowest BCUT2D eigenvalue weighted by Gasteiger charge is -2.10. The Kier molecular flexibility index (Phi) is 4.60. The zero-order valence-electron chi connectivity index (χ0n) is 12.4. The second-order valence-corrected chi connectivity index (χ2v) is 6.47. The second-order valence-electron chi connectivity index (χ2n) is 5.35. The third kappa shape index (κ3) is 3.88. The minimum absolute atomic E-state index is 0.157. The zero-order chi connectivity index (χ0) is 16.2. The molecule has 23 heavy (non-hydrogen) atoms. The van der Waals surface area contributed by atoms with Crippen LogP contribution in [0.4, 0.5) is 0 Å². The molecule has 118 valence electrons. The summed E-state index contributed by atoms with van der Waals surface area (Å²) in [5.41, 5.74) is 0.816. The van der Waals surface area contributed by atoms with Crippen LogP contribution in [0.2, 0.25) is 0 Å². The van der Waals surface area contributed by atoms with E-state index in [4.69, 9.17) is 0 Å². The first-order chi connectivity index (χ1) is 11.1. The standard InChI is InChI=1S/C18H17NO3S/c20-14-7-5-12(6-8-14)9-18(22)19-11-15(21)17-10-13-3-1-2-4-16(13)23-17/h1-8,10,15,20-21H,9,11H2,(H,19,22). The molecule has 0 aliphatic heterocycles. The number of amides is 1. The van der Waals surface area contributed by atoms with E-state index in [-0.39, 0.29) is 24.6 Å². The molecular formula is C18H17NO3S. The highest BCUT2D eigenvalue weighted by Crippen LogP contribution is 2.29. The van der Waals surface area contributed by atoms with Gasteiger partial charge >= 0.3 is 0 Å². The Morgan fingerprint density at radius 3 is 2.61 bits per heavy atom. The van der Waals surface area contributed by atoms with Gasteiger partial charge in [-0.15, -0.1) is 11.3 Å². The van der Waals surface area contributed by atoms with Gasteiger partial charge in [-0.05, 0) is 35.2 Å². The van der Waals surface area contributed by atoms with Crippen molar-refractivity contribution >= 4 is 27.3 Å². The summed E-state index contributed by atoms with van der Waals surface area (Å²) in [4.78, 5) is 12.8. The van der Waals surface area contributed by atoms with Crippen molar-refractivity contribution in [1.29, 1.82) is 0 Å². The number of thiophene rings is 1. The van der Waals surface area contributed by atoms with Crippen molar-refractivity contribution in [3.63, 3.8) is 0 Å². The molecule has 0 aliphatic rings. The molecule has 1 heterocycles. The Bertz CT molecular complexity index is 778. The van der Waals surface area contributed by atoms with Crippen LogP contribution in [0.25, 0.3) is 10.1 Å². The third-order valence-electron chi connectivity index (χ3n) is 3.57. The van der Waals surface area contributed by atoms with Crippen LogP contribution in [0.5, 0.6) is 5.75 Å². The van der Waals surface area contributed by atoms with Gasteiger partial charge in [0.15, 0.2) is 0 Å². The summed E-state index contributed by atoms with van der Waals surface area (Å²) >= 11 is 1.53. The van der Waals surface area contributed by atoms with Crippen LogP contribution in [-0.2, 0) is 11.2 Å². The minimum atomic E-state index is -0.712. The molecular weight excluding hydrogens is 310 g/mol. The van der Waals surface area contributed by atoms with Gasteiger partial charge in [0, 0.05) is 16.1 Å². The van der Waals surface area contributed by atoms with Gasteiger partial charge in [-0.3, -0.25) is 4.79 Å². The predicted octanol–water partition coefficient (Wildman–Crippen LogP) is 3.00. The van der Waals surface area contributed by atoms with E-state index >= 15 is 0 Å². The monoisotopic (exact) mass is 327 g/mol. The predicted molar refractivity (Wildman–Crippen MR) is 91.6 cm³/mol.